The van der Waals surface area contributed by atoms with Crippen LogP contribution in [0.3, 0.4) is 0 Å². The maximum atomic E-state index is 12.1. The van der Waals surface area contributed by atoms with Gasteiger partial charge < -0.3 is 9.57 Å². The van der Waals surface area contributed by atoms with Crippen molar-refractivity contribution in [2.45, 2.75) is 13.3 Å². The lowest BCUT2D eigenvalue weighted by Crippen LogP contribution is -2.17. The topological polar surface area (TPSA) is 56.3 Å². The first-order chi connectivity index (χ1) is 8.89. The van der Waals surface area contributed by atoms with Crippen LogP contribution in [0.15, 0.2) is 18.2 Å². The number of hydrogen-bond acceptors (Lipinski definition) is 5. The van der Waals surface area contributed by atoms with Crippen molar-refractivity contribution in [1.82, 2.24) is 15.4 Å². The van der Waals surface area contributed by atoms with Crippen LogP contribution in [-0.2, 0) is 0 Å². The second-order valence-electron chi connectivity index (χ2n) is 3.62. The highest BCUT2D eigenvalue weighted by Crippen LogP contribution is 2.26. The van der Waals surface area contributed by atoms with Gasteiger partial charge >= 0.3 is 6.36 Å². The van der Waals surface area contributed by atoms with Crippen molar-refractivity contribution < 1.29 is 22.7 Å². The molecular formula is C11H10F3N3O2. The van der Waals surface area contributed by atoms with Crippen LogP contribution in [-0.4, -0.2) is 23.4 Å². The summed E-state index contributed by atoms with van der Waals surface area (Å²) in [5, 5.41) is 0. The van der Waals surface area contributed by atoms with Gasteiger partial charge in [-0.25, -0.2) is 9.97 Å². The van der Waals surface area contributed by atoms with Crippen LogP contribution in [0.2, 0.25) is 0 Å². The number of nitrogens with zero attached hydrogens (tertiary/aromatic N) is 2. The van der Waals surface area contributed by atoms with Crippen LogP contribution >= 0.6 is 0 Å². The highest BCUT2D eigenvalue weighted by Gasteiger charge is 2.31. The summed E-state index contributed by atoms with van der Waals surface area (Å²) in [4.78, 5) is 13.2. The van der Waals surface area contributed by atoms with E-state index < -0.39 is 6.36 Å². The van der Waals surface area contributed by atoms with Gasteiger partial charge in [-0.1, -0.05) is 0 Å². The zero-order valence-electron chi connectivity index (χ0n) is 10.1. The molecule has 1 N–H and O–H groups in total. The van der Waals surface area contributed by atoms with Crippen LogP contribution in [0.1, 0.15) is 5.69 Å². The van der Waals surface area contributed by atoms with Crippen LogP contribution in [0, 0.1) is 6.92 Å². The van der Waals surface area contributed by atoms with Crippen LogP contribution < -0.4 is 15.1 Å². The van der Waals surface area contributed by atoms with E-state index in [1.54, 1.807) is 6.92 Å². The Kier molecular flexibility index (Phi) is 3.43. The molecule has 2 rings (SSSR count). The van der Waals surface area contributed by atoms with E-state index in [1.807, 2.05) is 0 Å². The zero-order valence-corrected chi connectivity index (χ0v) is 10.1. The summed E-state index contributed by atoms with van der Waals surface area (Å²) < 4.78 is 40.2. The second kappa shape index (κ2) is 4.88. The number of rotatable bonds is 3. The molecule has 19 heavy (non-hydrogen) atoms. The van der Waals surface area contributed by atoms with E-state index in [4.69, 9.17) is 4.84 Å². The molecule has 5 nitrogen and oxygen atoms in total. The van der Waals surface area contributed by atoms with Crippen molar-refractivity contribution in [3.63, 3.8) is 0 Å². The molecule has 0 spiro atoms. The molecule has 0 saturated carbocycles. The maximum absolute atomic E-state index is 12.1. The average molecular weight is 273 g/mol. The Morgan fingerprint density at radius 2 is 1.89 bits per heavy atom. The minimum atomic E-state index is -4.74. The number of hydroxylamine groups is 1. The highest BCUT2D eigenvalue weighted by atomic mass is 19.4. The number of ether oxygens (including phenoxy) is 1. The first-order valence-electron chi connectivity index (χ1n) is 5.27. The molecule has 0 saturated heterocycles. The predicted octanol–water partition coefficient (Wildman–Crippen LogP) is 2.35. The fraction of sp³-hybridized carbons (Fsp3) is 0.273. The Balaban J connectivity index is 2.43. The second-order valence-corrected chi connectivity index (χ2v) is 3.62. The van der Waals surface area contributed by atoms with Gasteiger partial charge in [-0.2, -0.15) is 5.48 Å². The first-order valence-corrected chi connectivity index (χ1v) is 5.27. The van der Waals surface area contributed by atoms with Gasteiger partial charge in [-0.05, 0) is 19.1 Å². The summed E-state index contributed by atoms with van der Waals surface area (Å²) in [5.74, 6) is -0.160. The smallest absolute Gasteiger partial charge is 0.406 e. The summed E-state index contributed by atoms with van der Waals surface area (Å²) in [6.45, 7) is 1.68. The molecule has 0 radical (unpaired) electrons. The third-order valence-corrected chi connectivity index (χ3v) is 2.20. The Morgan fingerprint density at radius 3 is 2.53 bits per heavy atom. The fourth-order valence-corrected chi connectivity index (χ4v) is 1.50. The Bertz CT molecular complexity index is 601. The molecule has 0 amide bonds. The van der Waals surface area contributed by atoms with Crippen molar-refractivity contribution >= 4 is 11.0 Å². The molecule has 1 heterocycles. The zero-order chi connectivity index (χ0) is 14.0. The van der Waals surface area contributed by atoms with E-state index in [9.17, 15) is 13.2 Å². The minimum absolute atomic E-state index is 0.194. The quantitative estimate of drug-likeness (QED) is 0.870. The molecule has 8 heteroatoms. The number of aromatic nitrogens is 2. The van der Waals surface area contributed by atoms with Crippen LogP contribution in [0.25, 0.3) is 11.0 Å². The normalized spacial score (nSPS) is 11.6. The number of nitrogens with one attached hydrogen (secondary N) is 1. The first kappa shape index (κ1) is 13.3. The number of halogens is 3. The summed E-state index contributed by atoms with van der Waals surface area (Å²) in [6.07, 6.45) is -4.74. The molecule has 2 aromatic rings. The van der Waals surface area contributed by atoms with E-state index in [0.29, 0.717) is 11.2 Å². The van der Waals surface area contributed by atoms with Gasteiger partial charge in [0, 0.05) is 13.1 Å². The summed E-state index contributed by atoms with van der Waals surface area (Å²) in [5.41, 5.74) is 3.65. The van der Waals surface area contributed by atoms with Gasteiger partial charge in [-0.15, -0.1) is 13.2 Å². The van der Waals surface area contributed by atoms with Gasteiger partial charge in [0.15, 0.2) is 0 Å². The molecule has 0 aliphatic heterocycles. The average Bonchev–Trinajstić information content (AvgIpc) is 2.29. The maximum Gasteiger partial charge on any atom is 0.573 e. The van der Waals surface area contributed by atoms with Gasteiger partial charge in [0.1, 0.15) is 11.4 Å². The SMILES string of the molecule is CNOc1nc2cc(OC(F)(F)F)ccc2nc1C. The van der Waals surface area contributed by atoms with E-state index >= 15 is 0 Å². The number of alkyl halides is 3. The Labute approximate surface area is 106 Å². The van der Waals surface area contributed by atoms with Crippen molar-refractivity contribution in [3.8, 4) is 11.6 Å². The molecule has 0 aliphatic carbocycles. The Morgan fingerprint density at radius 1 is 1.16 bits per heavy atom. The highest BCUT2D eigenvalue weighted by molar-refractivity contribution is 5.76. The van der Waals surface area contributed by atoms with Gasteiger partial charge in [0.2, 0.25) is 0 Å². The number of fused-ring (bicyclic) bond motifs is 1. The molecular weight excluding hydrogens is 263 g/mol. The van der Waals surface area contributed by atoms with Gasteiger partial charge in [-0.3, -0.25) is 0 Å². The minimum Gasteiger partial charge on any atom is -0.406 e. The van der Waals surface area contributed by atoms with Gasteiger partial charge in [0.25, 0.3) is 5.88 Å². The Hall–Kier alpha value is -2.09. The molecule has 1 aromatic carbocycles. The van der Waals surface area contributed by atoms with Crippen molar-refractivity contribution in [2.75, 3.05) is 7.05 Å². The third kappa shape index (κ3) is 3.22. The largest absolute Gasteiger partial charge is 0.573 e. The van der Waals surface area contributed by atoms with Crippen molar-refractivity contribution in [1.29, 1.82) is 0 Å². The molecule has 1 aromatic heterocycles. The predicted molar refractivity (Wildman–Crippen MR) is 60.6 cm³/mol. The number of benzene rings is 1. The molecule has 0 fully saturated rings. The number of aryl methyl sites for hydroxylation is 1. The van der Waals surface area contributed by atoms with Crippen LogP contribution in [0.4, 0.5) is 13.2 Å². The molecule has 0 unspecified atom stereocenters. The van der Waals surface area contributed by atoms with Gasteiger partial charge in [0.05, 0.1) is 11.0 Å². The standard InChI is InChI=1S/C11H10F3N3O2/c1-6-10(19-15-2)17-9-5-7(18-11(12,13)14)3-4-8(9)16-6/h3-5,15H,1-2H3. The monoisotopic (exact) mass is 273 g/mol. The molecule has 0 bridgehead atoms. The van der Waals surface area contributed by atoms with Crippen LogP contribution in [0.5, 0.6) is 11.6 Å². The lowest BCUT2D eigenvalue weighted by molar-refractivity contribution is -0.274. The van der Waals surface area contributed by atoms with E-state index in [-0.39, 0.29) is 17.1 Å². The lowest BCUT2D eigenvalue weighted by Gasteiger charge is -2.10. The van der Waals surface area contributed by atoms with E-state index in [0.717, 1.165) is 6.07 Å². The summed E-state index contributed by atoms with van der Waals surface area (Å²) in [6, 6.07) is 3.74. The lowest BCUT2D eigenvalue weighted by atomic mass is 10.2. The van der Waals surface area contributed by atoms with E-state index in [1.165, 1.54) is 19.2 Å². The third-order valence-electron chi connectivity index (χ3n) is 2.20. The van der Waals surface area contributed by atoms with E-state index in [2.05, 4.69) is 20.2 Å². The van der Waals surface area contributed by atoms with Crippen molar-refractivity contribution in [3.05, 3.63) is 23.9 Å². The molecule has 102 valence electrons. The van der Waals surface area contributed by atoms with Crippen molar-refractivity contribution in [2.24, 2.45) is 0 Å². The molecule has 0 aliphatic rings. The fourth-order valence-electron chi connectivity index (χ4n) is 1.50. The molecule has 0 atom stereocenters. The summed E-state index contributed by atoms with van der Waals surface area (Å²) in [7, 11) is 1.54. The number of hydrogen-bond donors (Lipinski definition) is 1. The summed E-state index contributed by atoms with van der Waals surface area (Å²) >= 11 is 0.